The predicted octanol–water partition coefficient (Wildman–Crippen LogP) is 1.45. The van der Waals surface area contributed by atoms with Gasteiger partial charge in [0.05, 0.1) is 6.61 Å². The van der Waals surface area contributed by atoms with E-state index in [1.54, 1.807) is 0 Å². The Hall–Kier alpha value is -0.120. The first-order chi connectivity index (χ1) is 7.60. The van der Waals surface area contributed by atoms with Gasteiger partial charge in [-0.15, -0.1) is 0 Å². The van der Waals surface area contributed by atoms with Crippen LogP contribution in [0.3, 0.4) is 0 Å². The largest absolute Gasteiger partial charge is 0.395 e. The average molecular weight is 228 g/mol. The molecule has 0 spiro atoms. The molecule has 3 unspecified atom stereocenters. The van der Waals surface area contributed by atoms with Gasteiger partial charge in [-0.3, -0.25) is 4.90 Å². The van der Waals surface area contributed by atoms with Gasteiger partial charge in [0.1, 0.15) is 0 Å². The summed E-state index contributed by atoms with van der Waals surface area (Å²) in [4.78, 5) is 2.39. The fraction of sp³-hybridized carbons (Fsp3) is 1.00. The second-order valence-electron chi connectivity index (χ2n) is 5.51. The maximum Gasteiger partial charge on any atom is 0.0602 e. The Morgan fingerprint density at radius 3 is 2.62 bits per heavy atom. The number of aliphatic hydroxyl groups excluding tert-OH is 1. The van der Waals surface area contributed by atoms with Crippen molar-refractivity contribution in [2.24, 2.45) is 17.6 Å². The van der Waals surface area contributed by atoms with Crippen molar-refractivity contribution in [3.8, 4) is 0 Å². The van der Waals surface area contributed by atoms with Gasteiger partial charge in [-0.2, -0.15) is 0 Å². The summed E-state index contributed by atoms with van der Waals surface area (Å²) >= 11 is 0. The summed E-state index contributed by atoms with van der Waals surface area (Å²) in [6.45, 7) is 8.93. The summed E-state index contributed by atoms with van der Waals surface area (Å²) in [7, 11) is 0. The lowest BCUT2D eigenvalue weighted by atomic mass is 9.96. The maximum absolute atomic E-state index is 9.50. The van der Waals surface area contributed by atoms with Gasteiger partial charge in [-0.05, 0) is 31.2 Å². The monoisotopic (exact) mass is 228 g/mol. The number of nitrogens with two attached hydrogens (primary N) is 1. The van der Waals surface area contributed by atoms with Crippen LogP contribution < -0.4 is 5.73 Å². The quantitative estimate of drug-likeness (QED) is 0.723. The van der Waals surface area contributed by atoms with Crippen LogP contribution in [0.1, 0.15) is 40.0 Å². The highest BCUT2D eigenvalue weighted by atomic mass is 16.3. The maximum atomic E-state index is 9.50. The molecule has 0 aromatic heterocycles. The van der Waals surface area contributed by atoms with Crippen LogP contribution in [0.25, 0.3) is 0 Å². The molecule has 1 fully saturated rings. The molecule has 1 rings (SSSR count). The van der Waals surface area contributed by atoms with Gasteiger partial charge in [0.15, 0.2) is 0 Å². The summed E-state index contributed by atoms with van der Waals surface area (Å²) < 4.78 is 0. The zero-order valence-electron chi connectivity index (χ0n) is 11.0. The van der Waals surface area contributed by atoms with Crippen LogP contribution in [-0.2, 0) is 0 Å². The van der Waals surface area contributed by atoms with Gasteiger partial charge in [-0.25, -0.2) is 0 Å². The Morgan fingerprint density at radius 2 is 2.12 bits per heavy atom. The summed E-state index contributed by atoms with van der Waals surface area (Å²) in [5, 5.41) is 9.50. The van der Waals surface area contributed by atoms with Crippen molar-refractivity contribution < 1.29 is 5.11 Å². The summed E-state index contributed by atoms with van der Waals surface area (Å²) in [6, 6.07) is 0.243. The van der Waals surface area contributed by atoms with Crippen LogP contribution >= 0.6 is 0 Å². The standard InChI is InChI=1S/C13H28N2O/c1-4-5-11-6-7-15(8-11)12(9-16)13(14)10(2)3/h10-13,16H,4-9,14H2,1-3H3. The molecule has 0 radical (unpaired) electrons. The number of hydrogen-bond acceptors (Lipinski definition) is 3. The molecule has 3 atom stereocenters. The molecule has 0 aromatic carbocycles. The third kappa shape index (κ3) is 3.44. The van der Waals surface area contributed by atoms with Crippen LogP contribution in [0.5, 0.6) is 0 Å². The van der Waals surface area contributed by atoms with Gasteiger partial charge in [0.2, 0.25) is 0 Å². The van der Waals surface area contributed by atoms with Gasteiger partial charge in [0, 0.05) is 18.6 Å². The molecule has 96 valence electrons. The second-order valence-corrected chi connectivity index (χ2v) is 5.51. The zero-order chi connectivity index (χ0) is 12.1. The number of rotatable bonds is 6. The molecule has 0 amide bonds. The van der Waals surface area contributed by atoms with E-state index in [2.05, 4.69) is 25.7 Å². The van der Waals surface area contributed by atoms with Crippen molar-refractivity contribution >= 4 is 0 Å². The summed E-state index contributed by atoms with van der Waals surface area (Å²) in [6.07, 6.45) is 3.85. The van der Waals surface area contributed by atoms with Crippen molar-refractivity contribution in [3.05, 3.63) is 0 Å². The number of hydrogen-bond donors (Lipinski definition) is 2. The lowest BCUT2D eigenvalue weighted by molar-refractivity contribution is 0.108. The topological polar surface area (TPSA) is 49.5 Å². The van der Waals surface area contributed by atoms with E-state index in [0.29, 0.717) is 5.92 Å². The van der Waals surface area contributed by atoms with E-state index in [1.165, 1.54) is 19.3 Å². The predicted molar refractivity (Wildman–Crippen MR) is 68.3 cm³/mol. The van der Waals surface area contributed by atoms with Crippen molar-refractivity contribution in [2.45, 2.75) is 52.1 Å². The third-order valence-corrected chi connectivity index (χ3v) is 3.88. The molecule has 3 N–H and O–H groups in total. The van der Waals surface area contributed by atoms with Crippen LogP contribution in [0, 0.1) is 11.8 Å². The smallest absolute Gasteiger partial charge is 0.0602 e. The van der Waals surface area contributed by atoms with E-state index in [-0.39, 0.29) is 18.7 Å². The molecule has 1 aliphatic heterocycles. The van der Waals surface area contributed by atoms with E-state index in [1.807, 2.05) is 0 Å². The molecule has 0 aromatic rings. The lowest BCUT2D eigenvalue weighted by Crippen LogP contribution is -2.51. The van der Waals surface area contributed by atoms with Gasteiger partial charge in [0.25, 0.3) is 0 Å². The fourth-order valence-electron chi connectivity index (χ4n) is 2.73. The highest BCUT2D eigenvalue weighted by Crippen LogP contribution is 2.24. The van der Waals surface area contributed by atoms with Crippen molar-refractivity contribution in [1.82, 2.24) is 4.90 Å². The molecule has 1 aliphatic rings. The van der Waals surface area contributed by atoms with Crippen LogP contribution in [-0.4, -0.2) is 41.8 Å². The average Bonchev–Trinajstić information content (AvgIpc) is 2.68. The first-order valence-electron chi connectivity index (χ1n) is 6.70. The summed E-state index contributed by atoms with van der Waals surface area (Å²) in [5.74, 6) is 1.25. The van der Waals surface area contributed by atoms with Crippen molar-refractivity contribution in [1.29, 1.82) is 0 Å². The Bertz CT molecular complexity index is 196. The molecule has 0 saturated carbocycles. The number of nitrogens with zero attached hydrogens (tertiary/aromatic N) is 1. The van der Waals surface area contributed by atoms with E-state index in [0.717, 1.165) is 19.0 Å². The van der Waals surface area contributed by atoms with Crippen molar-refractivity contribution in [2.75, 3.05) is 19.7 Å². The van der Waals surface area contributed by atoms with Crippen LogP contribution in [0.4, 0.5) is 0 Å². The molecule has 16 heavy (non-hydrogen) atoms. The molecule has 0 bridgehead atoms. The van der Waals surface area contributed by atoms with Gasteiger partial charge < -0.3 is 10.8 Å². The summed E-state index contributed by atoms with van der Waals surface area (Å²) in [5.41, 5.74) is 6.17. The van der Waals surface area contributed by atoms with E-state index in [9.17, 15) is 5.11 Å². The van der Waals surface area contributed by atoms with Crippen molar-refractivity contribution in [3.63, 3.8) is 0 Å². The number of aliphatic hydroxyl groups is 1. The molecule has 0 aliphatic carbocycles. The van der Waals surface area contributed by atoms with E-state index < -0.39 is 0 Å². The van der Waals surface area contributed by atoms with Crippen LogP contribution in [0.2, 0.25) is 0 Å². The lowest BCUT2D eigenvalue weighted by Gasteiger charge is -2.33. The normalized spacial score (nSPS) is 26.2. The molecule has 1 heterocycles. The number of likely N-dealkylation sites (tertiary alicyclic amines) is 1. The molecule has 1 saturated heterocycles. The van der Waals surface area contributed by atoms with Crippen LogP contribution in [0.15, 0.2) is 0 Å². The zero-order valence-corrected chi connectivity index (χ0v) is 11.0. The highest BCUT2D eigenvalue weighted by Gasteiger charge is 2.31. The molecule has 3 nitrogen and oxygen atoms in total. The second kappa shape index (κ2) is 6.58. The Labute approximate surface area is 100 Å². The molecular formula is C13H28N2O. The SMILES string of the molecule is CCCC1CCN(C(CO)C(N)C(C)C)C1. The fourth-order valence-corrected chi connectivity index (χ4v) is 2.73. The Morgan fingerprint density at radius 1 is 1.44 bits per heavy atom. The van der Waals surface area contributed by atoms with E-state index >= 15 is 0 Å². The van der Waals surface area contributed by atoms with Gasteiger partial charge >= 0.3 is 0 Å². The minimum Gasteiger partial charge on any atom is -0.395 e. The van der Waals surface area contributed by atoms with Gasteiger partial charge in [-0.1, -0.05) is 27.2 Å². The molecular weight excluding hydrogens is 200 g/mol. The minimum absolute atomic E-state index is 0.0883. The van der Waals surface area contributed by atoms with E-state index in [4.69, 9.17) is 5.73 Å². The Kier molecular flexibility index (Phi) is 5.73. The first kappa shape index (κ1) is 13.9. The highest BCUT2D eigenvalue weighted by molar-refractivity contribution is 4.88. The Balaban J connectivity index is 2.49. The third-order valence-electron chi connectivity index (χ3n) is 3.88. The first-order valence-corrected chi connectivity index (χ1v) is 6.70. The minimum atomic E-state index is 0.0883. The molecule has 3 heteroatoms.